The van der Waals surface area contributed by atoms with Crippen LogP contribution in [0.25, 0.3) is 0 Å². The van der Waals surface area contributed by atoms with Crippen molar-refractivity contribution in [1.29, 1.82) is 0 Å². The second kappa shape index (κ2) is 7.86. The highest BCUT2D eigenvalue weighted by molar-refractivity contribution is 5.94. The molecule has 0 saturated heterocycles. The molecule has 0 fully saturated rings. The van der Waals surface area contributed by atoms with Gasteiger partial charge in [-0.3, -0.25) is 4.79 Å². The van der Waals surface area contributed by atoms with Crippen LogP contribution in [0.4, 0.5) is 0 Å². The molecule has 0 bridgehead atoms. The lowest BCUT2D eigenvalue weighted by Gasteiger charge is -2.30. The maximum Gasteiger partial charge on any atom is 0.254 e. The van der Waals surface area contributed by atoms with Crippen LogP contribution in [-0.2, 0) is 13.0 Å². The molecule has 1 aliphatic heterocycles. The third-order valence-electron chi connectivity index (χ3n) is 5.00. The molecular formula is C24H31NO3. The second-order valence-electron chi connectivity index (χ2n) is 8.67. The van der Waals surface area contributed by atoms with Gasteiger partial charge >= 0.3 is 0 Å². The van der Waals surface area contributed by atoms with Crippen molar-refractivity contribution in [2.75, 3.05) is 0 Å². The summed E-state index contributed by atoms with van der Waals surface area (Å²) in [6.07, 6.45) is 0.887. The number of rotatable bonds is 6. The first-order valence-electron chi connectivity index (χ1n) is 10.0. The molecule has 4 nitrogen and oxygen atoms in total. The van der Waals surface area contributed by atoms with Gasteiger partial charge in [0.15, 0.2) is 11.5 Å². The zero-order chi connectivity index (χ0) is 20.5. The Morgan fingerprint density at radius 2 is 1.71 bits per heavy atom. The molecule has 2 aromatic carbocycles. The minimum absolute atomic E-state index is 0.0639. The fourth-order valence-corrected chi connectivity index (χ4v) is 3.82. The van der Waals surface area contributed by atoms with Crippen molar-refractivity contribution < 1.29 is 14.3 Å². The number of fused-ring (bicyclic) bond motifs is 1. The molecule has 1 aliphatic rings. The molecule has 0 unspecified atom stereocenters. The maximum atomic E-state index is 12.8. The summed E-state index contributed by atoms with van der Waals surface area (Å²) >= 11 is 0. The summed E-state index contributed by atoms with van der Waals surface area (Å²) in [5.74, 6) is 1.69. The molecule has 2 aromatic rings. The molecule has 0 N–H and O–H groups in total. The van der Waals surface area contributed by atoms with Crippen molar-refractivity contribution in [3.8, 4) is 11.5 Å². The summed E-state index contributed by atoms with van der Waals surface area (Å²) in [5, 5.41) is 0. The maximum absolute atomic E-state index is 12.8. The van der Waals surface area contributed by atoms with E-state index in [1.165, 1.54) is 5.56 Å². The first-order valence-corrected chi connectivity index (χ1v) is 10.0. The number of para-hydroxylation sites is 1. The first-order chi connectivity index (χ1) is 13.2. The van der Waals surface area contributed by atoms with E-state index in [9.17, 15) is 4.79 Å². The van der Waals surface area contributed by atoms with Crippen molar-refractivity contribution in [3.63, 3.8) is 0 Å². The van der Waals surface area contributed by atoms with Gasteiger partial charge in [0.1, 0.15) is 12.2 Å². The molecule has 0 radical (unpaired) electrons. The highest BCUT2D eigenvalue weighted by Gasteiger charge is 2.32. The van der Waals surface area contributed by atoms with E-state index in [-0.39, 0.29) is 23.6 Å². The Bertz CT molecular complexity index is 829. The largest absolute Gasteiger partial charge is 0.485 e. The van der Waals surface area contributed by atoms with Crippen LogP contribution in [0.2, 0.25) is 0 Å². The average Bonchev–Trinajstić information content (AvgIpc) is 2.94. The van der Waals surface area contributed by atoms with Gasteiger partial charge in [-0.2, -0.15) is 0 Å². The SMILES string of the molecule is CC(C)N(C(=O)c1ccc(COc2cccc3c2OC(C)(C)C3)cc1)C(C)C. The Labute approximate surface area is 168 Å². The van der Waals surface area contributed by atoms with Gasteiger partial charge in [-0.1, -0.05) is 24.3 Å². The van der Waals surface area contributed by atoms with Crippen molar-refractivity contribution in [3.05, 3.63) is 59.2 Å². The van der Waals surface area contributed by atoms with Crippen LogP contribution in [0.15, 0.2) is 42.5 Å². The smallest absolute Gasteiger partial charge is 0.254 e. The third-order valence-corrected chi connectivity index (χ3v) is 5.00. The number of ether oxygens (including phenoxy) is 2. The fourth-order valence-electron chi connectivity index (χ4n) is 3.82. The van der Waals surface area contributed by atoms with Gasteiger partial charge < -0.3 is 14.4 Å². The Hall–Kier alpha value is -2.49. The summed E-state index contributed by atoms with van der Waals surface area (Å²) in [7, 11) is 0. The number of amides is 1. The number of carbonyl (C=O) groups is 1. The summed E-state index contributed by atoms with van der Waals surface area (Å²) in [4.78, 5) is 14.7. The minimum Gasteiger partial charge on any atom is -0.485 e. The van der Waals surface area contributed by atoms with Crippen LogP contribution in [-0.4, -0.2) is 28.5 Å². The molecule has 3 rings (SSSR count). The topological polar surface area (TPSA) is 38.8 Å². The lowest BCUT2D eigenvalue weighted by Crippen LogP contribution is -2.42. The summed E-state index contributed by atoms with van der Waals surface area (Å²) in [6.45, 7) is 12.8. The molecular weight excluding hydrogens is 350 g/mol. The van der Waals surface area contributed by atoms with E-state index in [0.717, 1.165) is 23.5 Å². The van der Waals surface area contributed by atoms with Gasteiger partial charge in [0.25, 0.3) is 5.91 Å². The Morgan fingerprint density at radius 1 is 1.07 bits per heavy atom. The molecule has 150 valence electrons. The van der Waals surface area contributed by atoms with E-state index >= 15 is 0 Å². The highest BCUT2D eigenvalue weighted by Crippen LogP contribution is 2.41. The monoisotopic (exact) mass is 381 g/mol. The van der Waals surface area contributed by atoms with Gasteiger partial charge in [0.05, 0.1) is 0 Å². The molecule has 0 saturated carbocycles. The molecule has 0 aromatic heterocycles. The standard InChI is InChI=1S/C24H31NO3/c1-16(2)25(17(3)4)23(26)19-12-10-18(11-13-19)15-27-21-9-7-8-20-14-24(5,6)28-22(20)21/h7-13,16-17H,14-15H2,1-6H3. The highest BCUT2D eigenvalue weighted by atomic mass is 16.5. The summed E-state index contributed by atoms with van der Waals surface area (Å²) in [6, 6.07) is 14.1. The molecule has 28 heavy (non-hydrogen) atoms. The lowest BCUT2D eigenvalue weighted by molar-refractivity contribution is 0.0643. The Morgan fingerprint density at radius 3 is 2.32 bits per heavy atom. The number of benzene rings is 2. The van der Waals surface area contributed by atoms with Gasteiger partial charge in [-0.15, -0.1) is 0 Å². The van der Waals surface area contributed by atoms with E-state index < -0.39 is 0 Å². The van der Waals surface area contributed by atoms with Crippen LogP contribution in [0.1, 0.15) is 63.0 Å². The number of hydrogen-bond acceptors (Lipinski definition) is 3. The van der Waals surface area contributed by atoms with Crippen molar-refractivity contribution in [2.24, 2.45) is 0 Å². The van der Waals surface area contributed by atoms with Crippen LogP contribution < -0.4 is 9.47 Å². The Balaban J connectivity index is 1.68. The van der Waals surface area contributed by atoms with Crippen molar-refractivity contribution in [2.45, 2.75) is 72.3 Å². The van der Waals surface area contributed by atoms with E-state index in [4.69, 9.17) is 9.47 Å². The Kier molecular flexibility index (Phi) is 5.69. The van der Waals surface area contributed by atoms with Crippen LogP contribution >= 0.6 is 0 Å². The average molecular weight is 382 g/mol. The van der Waals surface area contributed by atoms with Crippen LogP contribution in [0.5, 0.6) is 11.5 Å². The molecule has 4 heteroatoms. The molecule has 0 spiro atoms. The van der Waals surface area contributed by atoms with E-state index in [2.05, 4.69) is 19.9 Å². The van der Waals surface area contributed by atoms with Gasteiger partial charge in [0, 0.05) is 29.6 Å². The lowest BCUT2D eigenvalue weighted by atomic mass is 10.0. The quantitative estimate of drug-likeness (QED) is 0.687. The second-order valence-corrected chi connectivity index (χ2v) is 8.67. The zero-order valence-electron chi connectivity index (χ0n) is 17.8. The molecule has 0 atom stereocenters. The zero-order valence-corrected chi connectivity index (χ0v) is 17.8. The fraction of sp³-hybridized carbons (Fsp3) is 0.458. The van der Waals surface area contributed by atoms with Gasteiger partial charge in [-0.25, -0.2) is 0 Å². The van der Waals surface area contributed by atoms with Crippen molar-refractivity contribution >= 4 is 5.91 Å². The van der Waals surface area contributed by atoms with Crippen LogP contribution in [0, 0.1) is 0 Å². The van der Waals surface area contributed by atoms with Crippen molar-refractivity contribution in [1.82, 2.24) is 4.90 Å². The van der Waals surface area contributed by atoms with E-state index in [1.807, 2.05) is 69.0 Å². The molecule has 1 heterocycles. The number of hydrogen-bond donors (Lipinski definition) is 0. The first kappa shape index (κ1) is 20.2. The third kappa shape index (κ3) is 4.32. The predicted octanol–water partition coefficient (Wildman–Crippen LogP) is 5.24. The summed E-state index contributed by atoms with van der Waals surface area (Å²) < 4.78 is 12.1. The normalized spacial score (nSPS) is 14.7. The number of carbonyl (C=O) groups excluding carboxylic acids is 1. The van der Waals surface area contributed by atoms with Gasteiger partial charge in [-0.05, 0) is 65.3 Å². The molecule has 1 amide bonds. The minimum atomic E-state index is -0.192. The predicted molar refractivity (Wildman–Crippen MR) is 112 cm³/mol. The van der Waals surface area contributed by atoms with Crippen LogP contribution in [0.3, 0.4) is 0 Å². The molecule has 0 aliphatic carbocycles. The summed E-state index contributed by atoms with van der Waals surface area (Å²) in [5.41, 5.74) is 2.72. The van der Waals surface area contributed by atoms with E-state index in [1.54, 1.807) is 0 Å². The van der Waals surface area contributed by atoms with Gasteiger partial charge in [0.2, 0.25) is 0 Å². The number of nitrogens with zero attached hydrogens (tertiary/aromatic N) is 1. The van der Waals surface area contributed by atoms with E-state index in [0.29, 0.717) is 12.2 Å².